The van der Waals surface area contributed by atoms with Crippen LogP contribution in [-0.2, 0) is 0 Å². The fourth-order valence-electron chi connectivity index (χ4n) is 1.86. The number of amidine groups is 1. The van der Waals surface area contributed by atoms with Gasteiger partial charge in [0.05, 0.1) is 18.3 Å². The lowest BCUT2D eigenvalue weighted by molar-refractivity contribution is 0.415. The van der Waals surface area contributed by atoms with Gasteiger partial charge in [0, 0.05) is 23.7 Å². The zero-order chi connectivity index (χ0) is 14.5. The topological polar surface area (TPSA) is 46.5 Å². The van der Waals surface area contributed by atoms with E-state index in [4.69, 9.17) is 4.74 Å². The average molecular weight is 289 g/mol. The molecule has 0 radical (unpaired) electrons. The molecule has 0 fully saturated rings. The molecule has 20 heavy (non-hydrogen) atoms. The highest BCUT2D eigenvalue weighted by Gasteiger charge is 2.08. The quantitative estimate of drug-likeness (QED) is 0.690. The van der Waals surface area contributed by atoms with Gasteiger partial charge in [-0.15, -0.1) is 0 Å². The second kappa shape index (κ2) is 6.61. The summed E-state index contributed by atoms with van der Waals surface area (Å²) in [6.45, 7) is 4.11. The largest absolute Gasteiger partial charge is 0.497 e. The van der Waals surface area contributed by atoms with Crippen LogP contribution in [0.3, 0.4) is 0 Å². The van der Waals surface area contributed by atoms with E-state index in [1.165, 1.54) is 0 Å². The van der Waals surface area contributed by atoms with Crippen LogP contribution in [0, 0.1) is 0 Å². The number of hydrogen-bond donors (Lipinski definition) is 1. The van der Waals surface area contributed by atoms with Crippen LogP contribution >= 0.6 is 11.8 Å². The lowest BCUT2D eigenvalue weighted by Crippen LogP contribution is -2.10. The number of nitrogens with zero attached hydrogens (tertiary/aromatic N) is 2. The molecule has 2 rings (SSSR count). The molecule has 0 amide bonds. The van der Waals surface area contributed by atoms with Crippen LogP contribution in [0.5, 0.6) is 5.75 Å². The number of benzene rings is 1. The Morgan fingerprint density at radius 3 is 2.85 bits per heavy atom. The first-order chi connectivity index (χ1) is 9.63. The summed E-state index contributed by atoms with van der Waals surface area (Å²) in [5, 5.41) is 5.26. The Labute approximate surface area is 123 Å². The third kappa shape index (κ3) is 3.42. The van der Waals surface area contributed by atoms with E-state index < -0.39 is 0 Å². The molecule has 2 aromatic rings. The Morgan fingerprint density at radius 2 is 2.20 bits per heavy atom. The van der Waals surface area contributed by atoms with Crippen molar-refractivity contribution in [1.82, 2.24) is 4.98 Å². The second-order valence-corrected chi connectivity index (χ2v) is 5.40. The molecule has 0 aliphatic heterocycles. The number of thioether (sulfide) groups is 1. The fraction of sp³-hybridized carbons (Fsp3) is 0.333. The van der Waals surface area contributed by atoms with Crippen molar-refractivity contribution in [1.29, 1.82) is 0 Å². The average Bonchev–Trinajstić information content (AvgIpc) is 2.45. The van der Waals surface area contributed by atoms with Crippen molar-refractivity contribution in [2.75, 3.05) is 18.7 Å². The van der Waals surface area contributed by atoms with Crippen molar-refractivity contribution in [2.45, 2.75) is 19.9 Å². The van der Waals surface area contributed by atoms with E-state index in [1.807, 2.05) is 30.5 Å². The Morgan fingerprint density at radius 1 is 1.40 bits per heavy atom. The molecule has 0 atom stereocenters. The van der Waals surface area contributed by atoms with Crippen LogP contribution in [0.1, 0.15) is 13.8 Å². The van der Waals surface area contributed by atoms with E-state index in [1.54, 1.807) is 25.1 Å². The van der Waals surface area contributed by atoms with Crippen LogP contribution in [0.4, 0.5) is 5.69 Å². The number of pyridine rings is 1. The number of anilines is 1. The minimum atomic E-state index is 0.245. The number of ether oxygens (including phenoxy) is 1. The lowest BCUT2D eigenvalue weighted by atomic mass is 10.2. The van der Waals surface area contributed by atoms with Crippen LogP contribution in [0.25, 0.3) is 10.9 Å². The van der Waals surface area contributed by atoms with Gasteiger partial charge in [0.2, 0.25) is 0 Å². The van der Waals surface area contributed by atoms with Crippen molar-refractivity contribution in [3.05, 3.63) is 30.5 Å². The maximum atomic E-state index is 5.34. The molecule has 0 unspecified atom stereocenters. The summed E-state index contributed by atoms with van der Waals surface area (Å²) in [6.07, 6.45) is 3.79. The number of aromatic nitrogens is 1. The Kier molecular flexibility index (Phi) is 4.84. The second-order valence-electron chi connectivity index (χ2n) is 4.61. The minimum absolute atomic E-state index is 0.245. The third-order valence-electron chi connectivity index (χ3n) is 2.72. The van der Waals surface area contributed by atoms with Gasteiger partial charge in [-0.3, -0.25) is 9.98 Å². The summed E-state index contributed by atoms with van der Waals surface area (Å²) >= 11 is 1.59. The SMILES string of the molecule is COc1cc(NC(=NC(C)C)SC)c2ncccc2c1. The monoisotopic (exact) mass is 289 g/mol. The van der Waals surface area contributed by atoms with Gasteiger partial charge in [-0.2, -0.15) is 0 Å². The summed E-state index contributed by atoms with van der Waals surface area (Å²) in [4.78, 5) is 8.99. The zero-order valence-corrected chi connectivity index (χ0v) is 13.0. The van der Waals surface area contributed by atoms with Crippen molar-refractivity contribution in [2.24, 2.45) is 4.99 Å². The van der Waals surface area contributed by atoms with E-state index in [0.717, 1.165) is 27.5 Å². The van der Waals surface area contributed by atoms with E-state index in [0.29, 0.717) is 0 Å². The molecule has 0 aliphatic carbocycles. The summed E-state index contributed by atoms with van der Waals surface area (Å²) < 4.78 is 5.34. The van der Waals surface area contributed by atoms with Crippen LogP contribution in [-0.4, -0.2) is 29.6 Å². The molecule has 1 N–H and O–H groups in total. The highest BCUT2D eigenvalue weighted by Crippen LogP contribution is 2.28. The van der Waals surface area contributed by atoms with Crippen molar-refractivity contribution < 1.29 is 4.74 Å². The molecule has 0 saturated heterocycles. The molecule has 0 bridgehead atoms. The van der Waals surface area contributed by atoms with Gasteiger partial charge in [0.25, 0.3) is 0 Å². The van der Waals surface area contributed by atoms with Gasteiger partial charge >= 0.3 is 0 Å². The molecule has 1 heterocycles. The van der Waals surface area contributed by atoms with Crippen molar-refractivity contribution in [3.63, 3.8) is 0 Å². The van der Waals surface area contributed by atoms with E-state index in [-0.39, 0.29) is 6.04 Å². The normalized spacial score (nSPS) is 11.9. The number of fused-ring (bicyclic) bond motifs is 1. The summed E-state index contributed by atoms with van der Waals surface area (Å²) in [7, 11) is 1.67. The first-order valence-corrected chi connectivity index (χ1v) is 7.68. The molecule has 0 aliphatic rings. The van der Waals surface area contributed by atoms with Crippen molar-refractivity contribution in [3.8, 4) is 5.75 Å². The first-order valence-electron chi connectivity index (χ1n) is 6.45. The maximum absolute atomic E-state index is 5.34. The molecule has 4 nitrogen and oxygen atoms in total. The fourth-order valence-corrected chi connectivity index (χ4v) is 2.39. The van der Waals surface area contributed by atoms with Gasteiger partial charge in [-0.1, -0.05) is 17.8 Å². The Balaban J connectivity index is 2.47. The summed E-state index contributed by atoms with van der Waals surface area (Å²) in [6, 6.07) is 8.11. The molecular formula is C15H19N3OS. The Hall–Kier alpha value is -1.75. The summed E-state index contributed by atoms with van der Waals surface area (Å²) in [5.74, 6) is 0.804. The van der Waals surface area contributed by atoms with Gasteiger partial charge in [0.15, 0.2) is 5.17 Å². The van der Waals surface area contributed by atoms with Gasteiger partial charge < -0.3 is 10.1 Å². The Bertz CT molecular complexity index is 626. The third-order valence-corrected chi connectivity index (χ3v) is 3.32. The molecule has 5 heteroatoms. The maximum Gasteiger partial charge on any atom is 0.161 e. The smallest absolute Gasteiger partial charge is 0.161 e. The van der Waals surface area contributed by atoms with Crippen molar-refractivity contribution >= 4 is 33.5 Å². The number of nitrogens with one attached hydrogen (secondary N) is 1. The molecular weight excluding hydrogens is 270 g/mol. The number of rotatable bonds is 3. The molecule has 1 aromatic heterocycles. The van der Waals surface area contributed by atoms with Gasteiger partial charge in [0.1, 0.15) is 5.75 Å². The molecule has 1 aromatic carbocycles. The number of aliphatic imine (C=N–C) groups is 1. The molecule has 106 valence electrons. The first kappa shape index (κ1) is 14.7. The van der Waals surface area contributed by atoms with E-state index >= 15 is 0 Å². The standard InChI is InChI=1S/C15H19N3OS/c1-10(2)17-15(20-4)18-13-9-12(19-3)8-11-6-5-7-16-14(11)13/h5-10H,1-4H3,(H,17,18). The predicted molar refractivity (Wildman–Crippen MR) is 88.0 cm³/mol. The van der Waals surface area contributed by atoms with Crippen LogP contribution in [0.15, 0.2) is 35.5 Å². The lowest BCUT2D eigenvalue weighted by Gasteiger charge is -2.12. The number of methoxy groups -OCH3 is 1. The number of hydrogen-bond acceptors (Lipinski definition) is 4. The zero-order valence-electron chi connectivity index (χ0n) is 12.2. The highest BCUT2D eigenvalue weighted by atomic mass is 32.2. The minimum Gasteiger partial charge on any atom is -0.497 e. The highest BCUT2D eigenvalue weighted by molar-refractivity contribution is 8.13. The van der Waals surface area contributed by atoms with Gasteiger partial charge in [-0.25, -0.2) is 0 Å². The molecule has 0 saturated carbocycles. The van der Waals surface area contributed by atoms with Crippen LogP contribution < -0.4 is 10.1 Å². The predicted octanol–water partition coefficient (Wildman–Crippen LogP) is 3.78. The van der Waals surface area contributed by atoms with Crippen LogP contribution in [0.2, 0.25) is 0 Å². The van der Waals surface area contributed by atoms with Gasteiger partial charge in [-0.05, 0) is 32.2 Å². The van der Waals surface area contributed by atoms with E-state index in [2.05, 4.69) is 29.1 Å². The molecule has 0 spiro atoms. The van der Waals surface area contributed by atoms with E-state index in [9.17, 15) is 0 Å². The summed E-state index contributed by atoms with van der Waals surface area (Å²) in [5.41, 5.74) is 1.83.